The van der Waals surface area contributed by atoms with Crippen LogP contribution >= 0.6 is 0 Å². The van der Waals surface area contributed by atoms with Gasteiger partial charge in [0.15, 0.2) is 0 Å². The highest BCUT2D eigenvalue weighted by Gasteiger charge is 2.56. The fourth-order valence-corrected chi connectivity index (χ4v) is 2.55. The third-order valence-electron chi connectivity index (χ3n) is 3.61. The van der Waals surface area contributed by atoms with Gasteiger partial charge in [0.2, 0.25) is 5.92 Å². The lowest BCUT2D eigenvalue weighted by atomic mass is 9.62. The average molecular weight is 241 g/mol. The van der Waals surface area contributed by atoms with Crippen molar-refractivity contribution >= 4 is 0 Å². The lowest BCUT2D eigenvalue weighted by Crippen LogP contribution is -2.53. The smallest absolute Gasteiger partial charge is 0.250 e. The number of nitrogens with two attached hydrogens (primary N) is 1. The zero-order valence-corrected chi connectivity index (χ0v) is 10.1. The van der Waals surface area contributed by atoms with Crippen molar-refractivity contribution in [1.82, 2.24) is 0 Å². The number of methoxy groups -OCH3 is 1. The molecule has 0 amide bonds. The molecule has 17 heavy (non-hydrogen) atoms. The number of halogens is 2. The van der Waals surface area contributed by atoms with Gasteiger partial charge >= 0.3 is 0 Å². The Bertz CT molecular complexity index is 423. The molecule has 1 fully saturated rings. The maximum Gasteiger partial charge on any atom is 0.250 e. The lowest BCUT2D eigenvalue weighted by Gasteiger charge is -2.47. The Kier molecular flexibility index (Phi) is 2.86. The summed E-state index contributed by atoms with van der Waals surface area (Å²) in [6, 6.07) is 5.60. The van der Waals surface area contributed by atoms with Crippen molar-refractivity contribution < 1.29 is 13.5 Å². The first kappa shape index (κ1) is 12.3. The van der Waals surface area contributed by atoms with Crippen LogP contribution in [0.1, 0.15) is 24.0 Å². The number of rotatable bonds is 3. The zero-order valence-electron chi connectivity index (χ0n) is 10.1. The predicted molar refractivity (Wildman–Crippen MR) is 62.6 cm³/mol. The van der Waals surface area contributed by atoms with Crippen molar-refractivity contribution in [3.05, 3.63) is 29.3 Å². The molecule has 2 N–H and O–H groups in total. The largest absolute Gasteiger partial charge is 0.496 e. The highest BCUT2D eigenvalue weighted by molar-refractivity contribution is 5.42. The van der Waals surface area contributed by atoms with Gasteiger partial charge in [-0.15, -0.1) is 0 Å². The van der Waals surface area contributed by atoms with Crippen molar-refractivity contribution in [3.63, 3.8) is 0 Å². The van der Waals surface area contributed by atoms with E-state index in [0.29, 0.717) is 0 Å². The average Bonchev–Trinajstić information content (AvgIpc) is 2.26. The van der Waals surface area contributed by atoms with Gasteiger partial charge in [-0.1, -0.05) is 12.1 Å². The molecule has 0 spiro atoms. The van der Waals surface area contributed by atoms with E-state index >= 15 is 0 Å². The van der Waals surface area contributed by atoms with Crippen LogP contribution in [0.4, 0.5) is 8.78 Å². The number of aryl methyl sites for hydroxylation is 1. The summed E-state index contributed by atoms with van der Waals surface area (Å²) < 4.78 is 31.4. The zero-order chi connectivity index (χ0) is 12.7. The fourth-order valence-electron chi connectivity index (χ4n) is 2.55. The summed E-state index contributed by atoms with van der Waals surface area (Å²) in [6.45, 7) is 2.17. The highest BCUT2D eigenvalue weighted by atomic mass is 19.3. The summed E-state index contributed by atoms with van der Waals surface area (Å²) >= 11 is 0. The van der Waals surface area contributed by atoms with Crippen LogP contribution in [0.3, 0.4) is 0 Å². The monoisotopic (exact) mass is 241 g/mol. The Morgan fingerprint density at radius 1 is 1.35 bits per heavy atom. The maximum absolute atomic E-state index is 13.1. The van der Waals surface area contributed by atoms with Gasteiger partial charge in [0.05, 0.1) is 7.11 Å². The van der Waals surface area contributed by atoms with E-state index in [4.69, 9.17) is 10.5 Å². The van der Waals surface area contributed by atoms with Gasteiger partial charge in [0.1, 0.15) is 5.75 Å². The molecule has 1 saturated carbocycles. The fraction of sp³-hybridized carbons (Fsp3) is 0.538. The van der Waals surface area contributed by atoms with E-state index < -0.39 is 11.3 Å². The lowest BCUT2D eigenvalue weighted by molar-refractivity contribution is -0.123. The molecule has 0 aliphatic heterocycles. The molecule has 0 unspecified atom stereocenters. The van der Waals surface area contributed by atoms with Crippen LogP contribution in [0, 0.1) is 6.92 Å². The first-order chi connectivity index (χ1) is 7.92. The van der Waals surface area contributed by atoms with Crippen molar-refractivity contribution in [1.29, 1.82) is 0 Å². The van der Waals surface area contributed by atoms with Gasteiger partial charge in [-0.2, -0.15) is 0 Å². The molecule has 0 saturated heterocycles. The molecule has 1 aliphatic carbocycles. The summed E-state index contributed by atoms with van der Waals surface area (Å²) in [5.74, 6) is -1.84. The predicted octanol–water partition coefficient (Wildman–Crippen LogP) is 2.63. The Balaban J connectivity index is 2.33. The molecule has 0 aromatic heterocycles. The summed E-state index contributed by atoms with van der Waals surface area (Å²) in [4.78, 5) is 0. The molecule has 0 atom stereocenters. The Hall–Kier alpha value is -1.16. The molecule has 2 rings (SSSR count). The SMILES string of the molecule is COc1cc(C2(CN)CC(F)(F)C2)ccc1C. The van der Waals surface area contributed by atoms with Crippen molar-refractivity contribution in [2.24, 2.45) is 5.73 Å². The second kappa shape index (κ2) is 3.95. The van der Waals surface area contributed by atoms with Gasteiger partial charge in [-0.05, 0) is 24.1 Å². The third kappa shape index (κ3) is 2.02. The van der Waals surface area contributed by atoms with E-state index in [-0.39, 0.29) is 19.4 Å². The second-order valence-electron chi connectivity index (χ2n) is 4.88. The van der Waals surface area contributed by atoms with E-state index in [1.165, 1.54) is 0 Å². The summed E-state index contributed by atoms with van der Waals surface area (Å²) in [6.07, 6.45) is -0.328. The van der Waals surface area contributed by atoms with Crippen LogP contribution < -0.4 is 10.5 Å². The number of alkyl halides is 2. The Morgan fingerprint density at radius 2 is 2.00 bits per heavy atom. The van der Waals surface area contributed by atoms with E-state index in [9.17, 15) is 8.78 Å². The molecule has 1 aromatic carbocycles. The third-order valence-corrected chi connectivity index (χ3v) is 3.61. The van der Waals surface area contributed by atoms with Gasteiger partial charge in [-0.3, -0.25) is 0 Å². The van der Waals surface area contributed by atoms with Gasteiger partial charge in [-0.25, -0.2) is 8.78 Å². The van der Waals surface area contributed by atoms with E-state index in [0.717, 1.165) is 16.9 Å². The molecule has 94 valence electrons. The van der Waals surface area contributed by atoms with E-state index in [1.54, 1.807) is 7.11 Å². The standard InChI is InChI=1S/C13H17F2NO/c1-9-3-4-10(5-11(9)17-2)12(8-16)6-13(14,15)7-12/h3-5H,6-8,16H2,1-2H3. The topological polar surface area (TPSA) is 35.2 Å². The van der Waals surface area contributed by atoms with Crippen LogP contribution in [0.5, 0.6) is 5.75 Å². The molecule has 2 nitrogen and oxygen atoms in total. The molecule has 1 aromatic rings. The minimum atomic E-state index is -2.57. The quantitative estimate of drug-likeness (QED) is 0.883. The Labute approximate surface area is 99.8 Å². The summed E-state index contributed by atoms with van der Waals surface area (Å²) in [5, 5.41) is 0. The van der Waals surface area contributed by atoms with Crippen LogP contribution in [-0.2, 0) is 5.41 Å². The number of benzene rings is 1. The summed E-state index contributed by atoms with van der Waals surface area (Å²) in [7, 11) is 1.58. The van der Waals surface area contributed by atoms with Crippen molar-refractivity contribution in [2.45, 2.75) is 31.1 Å². The van der Waals surface area contributed by atoms with Crippen molar-refractivity contribution in [2.75, 3.05) is 13.7 Å². The first-order valence-electron chi connectivity index (χ1n) is 5.65. The van der Waals surface area contributed by atoms with Gasteiger partial charge < -0.3 is 10.5 Å². The van der Waals surface area contributed by atoms with Gasteiger partial charge in [0.25, 0.3) is 0 Å². The number of hydrogen-bond acceptors (Lipinski definition) is 2. The molecule has 0 heterocycles. The second-order valence-corrected chi connectivity index (χ2v) is 4.88. The van der Waals surface area contributed by atoms with E-state index in [1.807, 2.05) is 25.1 Å². The molecular formula is C13H17F2NO. The Morgan fingerprint density at radius 3 is 2.47 bits per heavy atom. The first-order valence-corrected chi connectivity index (χ1v) is 5.65. The van der Waals surface area contributed by atoms with Crippen LogP contribution in [-0.4, -0.2) is 19.6 Å². The molecule has 1 aliphatic rings. The number of ether oxygens (including phenoxy) is 1. The minimum absolute atomic E-state index is 0.164. The van der Waals surface area contributed by atoms with Crippen LogP contribution in [0.15, 0.2) is 18.2 Å². The molecular weight excluding hydrogens is 224 g/mol. The summed E-state index contributed by atoms with van der Waals surface area (Å²) in [5.41, 5.74) is 6.95. The van der Waals surface area contributed by atoms with Crippen molar-refractivity contribution in [3.8, 4) is 5.75 Å². The minimum Gasteiger partial charge on any atom is -0.496 e. The molecule has 4 heteroatoms. The van der Waals surface area contributed by atoms with Crippen LogP contribution in [0.25, 0.3) is 0 Å². The van der Waals surface area contributed by atoms with Gasteiger partial charge in [0, 0.05) is 24.8 Å². The maximum atomic E-state index is 13.1. The normalized spacial score (nSPS) is 20.8. The van der Waals surface area contributed by atoms with E-state index in [2.05, 4.69) is 0 Å². The highest BCUT2D eigenvalue weighted by Crippen LogP contribution is 2.53. The number of hydrogen-bond donors (Lipinski definition) is 1. The van der Waals surface area contributed by atoms with Crippen LogP contribution in [0.2, 0.25) is 0 Å². The molecule has 0 radical (unpaired) electrons. The molecule has 0 bridgehead atoms.